The van der Waals surface area contributed by atoms with Crippen molar-refractivity contribution in [1.29, 1.82) is 0 Å². The zero-order chi connectivity index (χ0) is 19.0. The van der Waals surface area contributed by atoms with Crippen molar-refractivity contribution in [2.75, 3.05) is 4.90 Å². The van der Waals surface area contributed by atoms with Crippen LogP contribution in [0.2, 0.25) is 0 Å². The van der Waals surface area contributed by atoms with Crippen molar-refractivity contribution < 1.29 is 0 Å². The number of allylic oxidation sites excluding steroid dienone is 1. The third-order valence-electron chi connectivity index (χ3n) is 4.82. The summed E-state index contributed by atoms with van der Waals surface area (Å²) in [6.45, 7) is 8.44. The number of benzene rings is 2. The van der Waals surface area contributed by atoms with Gasteiger partial charge in [0.25, 0.3) is 0 Å². The molecule has 1 aromatic heterocycles. The van der Waals surface area contributed by atoms with Crippen LogP contribution in [0.1, 0.15) is 30.3 Å². The summed E-state index contributed by atoms with van der Waals surface area (Å²) in [5.41, 5.74) is 7.03. The molecule has 2 aromatic carbocycles. The molecule has 134 valence electrons. The Morgan fingerprint density at radius 1 is 0.963 bits per heavy atom. The van der Waals surface area contributed by atoms with Gasteiger partial charge >= 0.3 is 0 Å². The molecule has 0 radical (unpaired) electrons. The first kappa shape index (κ1) is 17.5. The first-order chi connectivity index (χ1) is 13.1. The van der Waals surface area contributed by atoms with Gasteiger partial charge in [0.15, 0.2) is 0 Å². The molecule has 1 aliphatic rings. The van der Waals surface area contributed by atoms with E-state index >= 15 is 0 Å². The molecule has 4 rings (SSSR count). The van der Waals surface area contributed by atoms with E-state index in [1.165, 1.54) is 0 Å². The standard InChI is InChI=1S/C23H20ClN3/c1-4-21-23(24)20-12-8-11-19(17-13-25-16(3)26-14-17)22(20)15(2)27(21)18-9-6-5-7-10-18/h5-14H,2,4H2,1,3H3. The minimum Gasteiger partial charge on any atom is -0.313 e. The number of anilines is 1. The molecule has 27 heavy (non-hydrogen) atoms. The van der Waals surface area contributed by atoms with E-state index in [0.717, 1.165) is 56.6 Å². The van der Waals surface area contributed by atoms with Gasteiger partial charge in [0.2, 0.25) is 0 Å². The van der Waals surface area contributed by atoms with E-state index < -0.39 is 0 Å². The second-order valence-corrected chi connectivity index (χ2v) is 6.86. The summed E-state index contributed by atoms with van der Waals surface area (Å²) in [6, 6.07) is 16.4. The Morgan fingerprint density at radius 3 is 2.30 bits per heavy atom. The van der Waals surface area contributed by atoms with Crippen molar-refractivity contribution >= 4 is 28.0 Å². The largest absolute Gasteiger partial charge is 0.313 e. The highest BCUT2D eigenvalue weighted by Gasteiger charge is 2.29. The lowest BCUT2D eigenvalue weighted by molar-refractivity contribution is 1.02. The van der Waals surface area contributed by atoms with E-state index in [1.807, 2.05) is 43.6 Å². The van der Waals surface area contributed by atoms with Gasteiger partial charge in [-0.15, -0.1) is 0 Å². The summed E-state index contributed by atoms with van der Waals surface area (Å²) in [6.07, 6.45) is 4.51. The molecule has 0 spiro atoms. The molecule has 0 atom stereocenters. The zero-order valence-corrected chi connectivity index (χ0v) is 16.2. The first-order valence-corrected chi connectivity index (χ1v) is 9.35. The number of nitrogens with zero attached hydrogens (tertiary/aromatic N) is 3. The van der Waals surface area contributed by atoms with Crippen LogP contribution in [0.5, 0.6) is 0 Å². The van der Waals surface area contributed by atoms with Gasteiger partial charge < -0.3 is 4.90 Å². The number of aryl methyl sites for hydroxylation is 1. The van der Waals surface area contributed by atoms with Crippen LogP contribution in [0, 0.1) is 6.92 Å². The third-order valence-corrected chi connectivity index (χ3v) is 5.25. The van der Waals surface area contributed by atoms with Crippen molar-refractivity contribution in [3.8, 4) is 11.1 Å². The third kappa shape index (κ3) is 2.94. The molecular formula is C23H20ClN3. The molecule has 0 saturated carbocycles. The van der Waals surface area contributed by atoms with Gasteiger partial charge in [-0.05, 0) is 31.0 Å². The van der Waals surface area contributed by atoms with Gasteiger partial charge in [-0.2, -0.15) is 0 Å². The molecule has 0 unspecified atom stereocenters. The van der Waals surface area contributed by atoms with Gasteiger partial charge in [0.05, 0.1) is 5.03 Å². The minimum atomic E-state index is 0.750. The van der Waals surface area contributed by atoms with Gasteiger partial charge in [0.1, 0.15) is 5.82 Å². The Labute approximate surface area is 164 Å². The van der Waals surface area contributed by atoms with E-state index in [1.54, 1.807) is 0 Å². The van der Waals surface area contributed by atoms with Crippen LogP contribution in [0.4, 0.5) is 5.69 Å². The second kappa shape index (κ2) is 7.01. The first-order valence-electron chi connectivity index (χ1n) is 8.97. The maximum absolute atomic E-state index is 6.87. The molecule has 4 heteroatoms. The van der Waals surface area contributed by atoms with Gasteiger partial charge in [-0.25, -0.2) is 9.97 Å². The molecule has 0 fully saturated rings. The Morgan fingerprint density at radius 2 is 1.63 bits per heavy atom. The molecule has 2 heterocycles. The lowest BCUT2D eigenvalue weighted by atomic mass is 9.90. The summed E-state index contributed by atoms with van der Waals surface area (Å²) in [4.78, 5) is 10.9. The Bertz CT molecular complexity index is 1040. The number of rotatable bonds is 3. The fourth-order valence-corrected chi connectivity index (χ4v) is 3.92. The van der Waals surface area contributed by atoms with E-state index in [-0.39, 0.29) is 0 Å². The molecular weight excluding hydrogens is 354 g/mol. The highest BCUT2D eigenvalue weighted by Crippen LogP contribution is 2.46. The Kier molecular flexibility index (Phi) is 4.54. The second-order valence-electron chi connectivity index (χ2n) is 6.48. The Balaban J connectivity index is 1.96. The predicted octanol–water partition coefficient (Wildman–Crippen LogP) is 6.26. The van der Waals surface area contributed by atoms with Crippen LogP contribution >= 0.6 is 11.6 Å². The zero-order valence-electron chi connectivity index (χ0n) is 15.4. The van der Waals surface area contributed by atoms with E-state index in [2.05, 4.69) is 52.6 Å². The van der Waals surface area contributed by atoms with E-state index in [9.17, 15) is 0 Å². The quantitative estimate of drug-likeness (QED) is 0.542. The van der Waals surface area contributed by atoms with Gasteiger partial charge in [-0.3, -0.25) is 0 Å². The lowest BCUT2D eigenvalue weighted by Gasteiger charge is -2.36. The molecule has 3 aromatic rings. The molecule has 0 N–H and O–H groups in total. The molecule has 0 aliphatic carbocycles. The topological polar surface area (TPSA) is 29.0 Å². The average Bonchev–Trinajstić information content (AvgIpc) is 2.71. The fraction of sp³-hybridized carbons (Fsp3) is 0.130. The monoisotopic (exact) mass is 373 g/mol. The highest BCUT2D eigenvalue weighted by atomic mass is 35.5. The van der Waals surface area contributed by atoms with Crippen LogP contribution in [-0.2, 0) is 0 Å². The number of aromatic nitrogens is 2. The van der Waals surface area contributed by atoms with E-state index in [0.29, 0.717) is 0 Å². The van der Waals surface area contributed by atoms with Crippen molar-refractivity contribution in [2.24, 2.45) is 0 Å². The normalized spacial score (nSPS) is 13.7. The van der Waals surface area contributed by atoms with Crippen LogP contribution in [0.15, 0.2) is 73.2 Å². The number of para-hydroxylation sites is 1. The van der Waals surface area contributed by atoms with Crippen LogP contribution < -0.4 is 4.90 Å². The lowest BCUT2D eigenvalue weighted by Crippen LogP contribution is -2.25. The summed E-state index contributed by atoms with van der Waals surface area (Å²) >= 11 is 6.87. The molecule has 0 bridgehead atoms. The molecule has 1 aliphatic heterocycles. The SMILES string of the molecule is C=C1c2c(cccc2-c2cnc(C)nc2)C(Cl)=C(CC)N1c1ccccc1. The highest BCUT2D eigenvalue weighted by molar-refractivity contribution is 6.50. The molecule has 0 amide bonds. The number of halogens is 1. The van der Waals surface area contributed by atoms with Crippen molar-refractivity contribution in [1.82, 2.24) is 9.97 Å². The summed E-state index contributed by atoms with van der Waals surface area (Å²) in [5.74, 6) is 0.750. The summed E-state index contributed by atoms with van der Waals surface area (Å²) in [5, 5.41) is 0.763. The maximum atomic E-state index is 6.87. The van der Waals surface area contributed by atoms with E-state index in [4.69, 9.17) is 11.6 Å². The number of hydrogen-bond donors (Lipinski definition) is 0. The van der Waals surface area contributed by atoms with Crippen LogP contribution in [0.3, 0.4) is 0 Å². The summed E-state index contributed by atoms with van der Waals surface area (Å²) in [7, 11) is 0. The Hall–Kier alpha value is -2.91. The number of fused-ring (bicyclic) bond motifs is 1. The van der Waals surface area contributed by atoms with Crippen LogP contribution in [0.25, 0.3) is 21.9 Å². The molecule has 0 saturated heterocycles. The van der Waals surface area contributed by atoms with Gasteiger partial charge in [0, 0.05) is 46.2 Å². The predicted molar refractivity (Wildman–Crippen MR) is 113 cm³/mol. The fourth-order valence-electron chi connectivity index (χ4n) is 3.55. The average molecular weight is 374 g/mol. The van der Waals surface area contributed by atoms with Crippen molar-refractivity contribution in [2.45, 2.75) is 20.3 Å². The van der Waals surface area contributed by atoms with Crippen LogP contribution in [-0.4, -0.2) is 9.97 Å². The van der Waals surface area contributed by atoms with Crippen molar-refractivity contribution in [3.63, 3.8) is 0 Å². The smallest absolute Gasteiger partial charge is 0.125 e. The maximum Gasteiger partial charge on any atom is 0.125 e. The molecule has 3 nitrogen and oxygen atoms in total. The van der Waals surface area contributed by atoms with Crippen molar-refractivity contribution in [3.05, 3.63) is 90.2 Å². The summed E-state index contributed by atoms with van der Waals surface area (Å²) < 4.78 is 0. The number of hydrogen-bond acceptors (Lipinski definition) is 3. The minimum absolute atomic E-state index is 0.750. The van der Waals surface area contributed by atoms with Gasteiger partial charge in [-0.1, -0.05) is 61.5 Å².